The fourth-order valence-corrected chi connectivity index (χ4v) is 1.12. The summed E-state index contributed by atoms with van der Waals surface area (Å²) in [6, 6.07) is 0. The van der Waals surface area contributed by atoms with Crippen molar-refractivity contribution >= 4 is 0 Å². The molecule has 0 amide bonds. The molecule has 0 bridgehead atoms. The molecule has 0 radical (unpaired) electrons. The Morgan fingerprint density at radius 1 is 1.00 bits per heavy atom. The first-order valence-electron chi connectivity index (χ1n) is 6.20. The van der Waals surface area contributed by atoms with E-state index in [-0.39, 0.29) is 0 Å². The summed E-state index contributed by atoms with van der Waals surface area (Å²) in [7, 11) is 0. The summed E-state index contributed by atoms with van der Waals surface area (Å²) >= 11 is 0. The van der Waals surface area contributed by atoms with E-state index in [0.717, 1.165) is 6.42 Å². The summed E-state index contributed by atoms with van der Waals surface area (Å²) in [5, 5.41) is 0. The second-order valence-electron chi connectivity index (χ2n) is 3.32. The monoisotopic (exact) mass is 208 g/mol. The van der Waals surface area contributed by atoms with Gasteiger partial charge in [-0.1, -0.05) is 63.1 Å². The van der Waals surface area contributed by atoms with Gasteiger partial charge in [-0.05, 0) is 33.1 Å². The SMILES string of the molecule is C/C=C\C/C(C)=C/C=C(CC)CC.CC. The minimum Gasteiger partial charge on any atom is -0.0913 e. The predicted molar refractivity (Wildman–Crippen MR) is 73.2 cm³/mol. The average molecular weight is 208 g/mol. The zero-order valence-electron chi connectivity index (χ0n) is 11.4. The Morgan fingerprint density at radius 2 is 1.53 bits per heavy atom. The van der Waals surface area contributed by atoms with Crippen LogP contribution in [0.4, 0.5) is 0 Å². The Bertz CT molecular complexity index is 198. The molecular formula is C15H28. The number of hydrogen-bond donors (Lipinski definition) is 0. The van der Waals surface area contributed by atoms with Gasteiger partial charge in [-0.2, -0.15) is 0 Å². The first-order chi connectivity index (χ1) is 7.24. The van der Waals surface area contributed by atoms with Crippen molar-refractivity contribution < 1.29 is 0 Å². The van der Waals surface area contributed by atoms with Gasteiger partial charge in [-0.25, -0.2) is 0 Å². The highest BCUT2D eigenvalue weighted by Crippen LogP contribution is 2.08. The van der Waals surface area contributed by atoms with E-state index in [1.165, 1.54) is 24.0 Å². The third-order valence-electron chi connectivity index (χ3n) is 2.19. The molecule has 0 spiro atoms. The third kappa shape index (κ3) is 11.1. The first kappa shape index (κ1) is 16.6. The van der Waals surface area contributed by atoms with Gasteiger partial charge in [0.1, 0.15) is 0 Å². The predicted octanol–water partition coefficient (Wildman–Crippen LogP) is 5.67. The summed E-state index contributed by atoms with van der Waals surface area (Å²) in [4.78, 5) is 0. The summed E-state index contributed by atoms with van der Waals surface area (Å²) in [6.07, 6.45) is 12.2. The zero-order valence-corrected chi connectivity index (χ0v) is 11.4. The van der Waals surface area contributed by atoms with E-state index in [1.807, 2.05) is 13.8 Å². The Morgan fingerprint density at radius 3 is 1.93 bits per heavy atom. The Balaban J connectivity index is 0. The van der Waals surface area contributed by atoms with Crippen LogP contribution in [0.1, 0.15) is 60.8 Å². The summed E-state index contributed by atoms with van der Waals surface area (Å²) in [5.41, 5.74) is 2.96. The Labute approximate surface area is 96.8 Å². The van der Waals surface area contributed by atoms with E-state index in [0.29, 0.717) is 0 Å². The molecule has 0 aromatic carbocycles. The van der Waals surface area contributed by atoms with E-state index in [4.69, 9.17) is 0 Å². The summed E-state index contributed by atoms with van der Waals surface area (Å²) in [6.45, 7) is 12.7. The van der Waals surface area contributed by atoms with Crippen LogP contribution in [0, 0.1) is 0 Å². The highest BCUT2D eigenvalue weighted by atomic mass is 13.9. The van der Waals surface area contributed by atoms with Crippen molar-refractivity contribution in [2.24, 2.45) is 0 Å². The van der Waals surface area contributed by atoms with Crippen LogP contribution in [0.2, 0.25) is 0 Å². The van der Waals surface area contributed by atoms with Gasteiger partial charge in [-0.3, -0.25) is 0 Å². The Kier molecular flexibility index (Phi) is 14.7. The van der Waals surface area contributed by atoms with Crippen molar-refractivity contribution in [2.75, 3.05) is 0 Å². The molecule has 0 aromatic rings. The molecule has 0 atom stereocenters. The summed E-state index contributed by atoms with van der Waals surface area (Å²) in [5.74, 6) is 0. The highest BCUT2D eigenvalue weighted by Gasteiger charge is 1.87. The van der Waals surface area contributed by atoms with Crippen LogP contribution in [-0.2, 0) is 0 Å². The third-order valence-corrected chi connectivity index (χ3v) is 2.19. The lowest BCUT2D eigenvalue weighted by Gasteiger charge is -1.97. The molecule has 0 heteroatoms. The van der Waals surface area contributed by atoms with E-state index in [2.05, 4.69) is 52.0 Å². The normalized spacial score (nSPS) is 10.9. The molecule has 0 rings (SSSR count). The lowest BCUT2D eigenvalue weighted by Crippen LogP contribution is -1.77. The van der Waals surface area contributed by atoms with Crippen LogP contribution in [0.5, 0.6) is 0 Å². The van der Waals surface area contributed by atoms with Gasteiger partial charge in [0.2, 0.25) is 0 Å². The van der Waals surface area contributed by atoms with Gasteiger partial charge in [0.05, 0.1) is 0 Å². The second-order valence-corrected chi connectivity index (χ2v) is 3.32. The van der Waals surface area contributed by atoms with Crippen LogP contribution >= 0.6 is 0 Å². The highest BCUT2D eigenvalue weighted by molar-refractivity contribution is 5.17. The van der Waals surface area contributed by atoms with E-state index in [1.54, 1.807) is 0 Å². The molecule has 0 aromatic heterocycles. The molecule has 0 unspecified atom stereocenters. The molecule has 0 aliphatic carbocycles. The van der Waals surface area contributed by atoms with Gasteiger partial charge in [0.15, 0.2) is 0 Å². The van der Waals surface area contributed by atoms with Crippen LogP contribution < -0.4 is 0 Å². The van der Waals surface area contributed by atoms with Crippen molar-refractivity contribution in [2.45, 2.75) is 60.8 Å². The van der Waals surface area contributed by atoms with Gasteiger partial charge in [0.25, 0.3) is 0 Å². The molecular weight excluding hydrogens is 180 g/mol. The van der Waals surface area contributed by atoms with Crippen molar-refractivity contribution in [3.05, 3.63) is 35.5 Å². The van der Waals surface area contributed by atoms with E-state index in [9.17, 15) is 0 Å². The number of rotatable bonds is 5. The maximum Gasteiger partial charge on any atom is -0.0139 e. The average Bonchev–Trinajstić information content (AvgIpc) is 2.30. The molecule has 0 saturated carbocycles. The van der Waals surface area contributed by atoms with Gasteiger partial charge in [-0.15, -0.1) is 0 Å². The minimum atomic E-state index is 1.08. The van der Waals surface area contributed by atoms with Gasteiger partial charge < -0.3 is 0 Å². The van der Waals surface area contributed by atoms with Gasteiger partial charge in [0, 0.05) is 0 Å². The molecule has 0 aliphatic rings. The molecule has 88 valence electrons. The smallest absolute Gasteiger partial charge is 0.0139 e. The van der Waals surface area contributed by atoms with Crippen LogP contribution in [-0.4, -0.2) is 0 Å². The molecule has 0 N–H and O–H groups in total. The molecule has 0 heterocycles. The molecule has 15 heavy (non-hydrogen) atoms. The van der Waals surface area contributed by atoms with E-state index >= 15 is 0 Å². The second kappa shape index (κ2) is 13.2. The zero-order chi connectivity index (χ0) is 12.1. The van der Waals surface area contributed by atoms with Crippen molar-refractivity contribution in [3.63, 3.8) is 0 Å². The maximum absolute atomic E-state index is 2.26. The molecule has 0 nitrogen and oxygen atoms in total. The summed E-state index contributed by atoms with van der Waals surface area (Å²) < 4.78 is 0. The molecule has 0 aliphatic heterocycles. The minimum absolute atomic E-state index is 1.08. The fourth-order valence-electron chi connectivity index (χ4n) is 1.12. The quantitative estimate of drug-likeness (QED) is 0.403. The topological polar surface area (TPSA) is 0 Å². The maximum atomic E-state index is 2.26. The number of allylic oxidation sites excluding steroid dienone is 6. The standard InChI is InChI=1S/C13H22.C2H6/c1-5-8-9-12(4)10-11-13(6-2)7-3;1-2/h5,8,10-11H,6-7,9H2,1-4H3;1-2H3/b8-5-,12-10+;. The lowest BCUT2D eigenvalue weighted by molar-refractivity contribution is 0.977. The molecule has 0 saturated heterocycles. The lowest BCUT2D eigenvalue weighted by atomic mass is 10.1. The van der Waals surface area contributed by atoms with Crippen LogP contribution in [0.3, 0.4) is 0 Å². The first-order valence-corrected chi connectivity index (χ1v) is 6.20. The fraction of sp³-hybridized carbons (Fsp3) is 0.600. The largest absolute Gasteiger partial charge is 0.0913 e. The van der Waals surface area contributed by atoms with Crippen LogP contribution in [0.15, 0.2) is 35.5 Å². The van der Waals surface area contributed by atoms with Gasteiger partial charge >= 0.3 is 0 Å². The van der Waals surface area contributed by atoms with Crippen LogP contribution in [0.25, 0.3) is 0 Å². The van der Waals surface area contributed by atoms with Crippen molar-refractivity contribution in [1.82, 2.24) is 0 Å². The number of hydrogen-bond acceptors (Lipinski definition) is 0. The van der Waals surface area contributed by atoms with Crippen molar-refractivity contribution in [1.29, 1.82) is 0 Å². The molecule has 0 fully saturated rings. The van der Waals surface area contributed by atoms with E-state index < -0.39 is 0 Å². The van der Waals surface area contributed by atoms with Crippen molar-refractivity contribution in [3.8, 4) is 0 Å². The Hall–Kier alpha value is -0.780.